The number of nitrogens with zero attached hydrogens (tertiary/aromatic N) is 2. The zero-order valence-corrected chi connectivity index (χ0v) is 10.1. The van der Waals surface area contributed by atoms with Gasteiger partial charge in [0.25, 0.3) is 5.91 Å². The van der Waals surface area contributed by atoms with Crippen LogP contribution in [0.15, 0.2) is 28.8 Å². The number of hydrogen-bond acceptors (Lipinski definition) is 5. The molecule has 1 aromatic heterocycles. The molecule has 0 fully saturated rings. The van der Waals surface area contributed by atoms with Crippen LogP contribution < -0.4 is 10.1 Å². The van der Waals surface area contributed by atoms with Crippen molar-refractivity contribution in [3.8, 4) is 5.75 Å². The third kappa shape index (κ3) is 2.85. The highest BCUT2D eigenvalue weighted by Gasteiger charge is 2.08. The predicted molar refractivity (Wildman–Crippen MR) is 63.2 cm³/mol. The highest BCUT2D eigenvalue weighted by molar-refractivity contribution is 5.94. The molecule has 0 aliphatic heterocycles. The largest absolute Gasteiger partial charge is 0.497 e. The van der Waals surface area contributed by atoms with Crippen molar-refractivity contribution in [2.24, 2.45) is 0 Å². The van der Waals surface area contributed by atoms with E-state index in [1.54, 1.807) is 38.3 Å². The number of hydrogen-bond donors (Lipinski definition) is 1. The Kier molecular flexibility index (Phi) is 3.57. The van der Waals surface area contributed by atoms with Gasteiger partial charge in [-0.25, -0.2) is 0 Å². The normalized spacial score (nSPS) is 10.1. The maximum Gasteiger partial charge on any atom is 0.251 e. The fourth-order valence-corrected chi connectivity index (χ4v) is 1.43. The van der Waals surface area contributed by atoms with Crippen LogP contribution in [0.1, 0.15) is 22.1 Å². The van der Waals surface area contributed by atoms with Gasteiger partial charge in [0.2, 0.25) is 5.89 Å². The summed E-state index contributed by atoms with van der Waals surface area (Å²) < 4.78 is 9.95. The van der Waals surface area contributed by atoms with E-state index in [0.29, 0.717) is 23.0 Å². The van der Waals surface area contributed by atoms with Gasteiger partial charge in [-0.05, 0) is 25.1 Å². The minimum Gasteiger partial charge on any atom is -0.497 e. The first-order valence-corrected chi connectivity index (χ1v) is 5.40. The van der Waals surface area contributed by atoms with Gasteiger partial charge >= 0.3 is 0 Å². The van der Waals surface area contributed by atoms with Crippen molar-refractivity contribution in [2.75, 3.05) is 7.11 Å². The average Bonchev–Trinajstić information content (AvgIpc) is 2.82. The lowest BCUT2D eigenvalue weighted by Crippen LogP contribution is -2.22. The summed E-state index contributed by atoms with van der Waals surface area (Å²) in [5.74, 6) is 1.34. The standard InChI is InChI=1S/C12H13N3O3/c1-8-14-11(18-15-8)7-13-12(16)9-4-3-5-10(6-9)17-2/h3-6H,7H2,1-2H3,(H,13,16). The van der Waals surface area contributed by atoms with Gasteiger partial charge in [0.05, 0.1) is 13.7 Å². The second kappa shape index (κ2) is 5.31. The van der Waals surface area contributed by atoms with Crippen molar-refractivity contribution < 1.29 is 14.1 Å². The van der Waals surface area contributed by atoms with Crippen LogP contribution in [0.25, 0.3) is 0 Å². The number of carbonyl (C=O) groups is 1. The van der Waals surface area contributed by atoms with Crippen molar-refractivity contribution in [1.82, 2.24) is 15.5 Å². The van der Waals surface area contributed by atoms with E-state index in [4.69, 9.17) is 9.26 Å². The molecule has 1 amide bonds. The third-order valence-corrected chi connectivity index (χ3v) is 2.30. The first-order chi connectivity index (χ1) is 8.69. The summed E-state index contributed by atoms with van der Waals surface area (Å²) in [5, 5.41) is 6.33. The Morgan fingerprint density at radius 2 is 2.33 bits per heavy atom. The molecule has 0 saturated heterocycles. The smallest absolute Gasteiger partial charge is 0.251 e. The van der Waals surface area contributed by atoms with Crippen LogP contribution >= 0.6 is 0 Å². The van der Waals surface area contributed by atoms with Crippen LogP contribution in [0.4, 0.5) is 0 Å². The highest BCUT2D eigenvalue weighted by atomic mass is 16.5. The van der Waals surface area contributed by atoms with Crippen LogP contribution in [0.5, 0.6) is 5.75 Å². The molecule has 0 aliphatic carbocycles. The summed E-state index contributed by atoms with van der Waals surface area (Å²) in [6, 6.07) is 6.90. The first kappa shape index (κ1) is 12.1. The SMILES string of the molecule is COc1cccc(C(=O)NCc2nc(C)no2)c1. The molecule has 0 atom stereocenters. The van der Waals surface area contributed by atoms with Gasteiger partial charge in [-0.15, -0.1) is 0 Å². The van der Waals surface area contributed by atoms with Crippen LogP contribution in [0, 0.1) is 6.92 Å². The third-order valence-electron chi connectivity index (χ3n) is 2.30. The molecule has 18 heavy (non-hydrogen) atoms. The Morgan fingerprint density at radius 1 is 1.50 bits per heavy atom. The monoisotopic (exact) mass is 247 g/mol. The Morgan fingerprint density at radius 3 is 3.00 bits per heavy atom. The van der Waals surface area contributed by atoms with Gasteiger partial charge in [0.1, 0.15) is 5.75 Å². The zero-order chi connectivity index (χ0) is 13.0. The second-order valence-electron chi connectivity index (χ2n) is 3.65. The fourth-order valence-electron chi connectivity index (χ4n) is 1.43. The maximum atomic E-state index is 11.8. The maximum absolute atomic E-state index is 11.8. The van der Waals surface area contributed by atoms with Crippen molar-refractivity contribution >= 4 is 5.91 Å². The summed E-state index contributed by atoms with van der Waals surface area (Å²) in [6.45, 7) is 1.92. The Hall–Kier alpha value is -2.37. The van der Waals surface area contributed by atoms with E-state index in [1.165, 1.54) is 0 Å². The molecule has 0 saturated carbocycles. The molecule has 0 radical (unpaired) electrons. The van der Waals surface area contributed by atoms with Crippen molar-refractivity contribution in [1.29, 1.82) is 0 Å². The number of benzene rings is 1. The fraction of sp³-hybridized carbons (Fsp3) is 0.250. The number of ether oxygens (including phenoxy) is 1. The van der Waals surface area contributed by atoms with Crippen LogP contribution in [-0.4, -0.2) is 23.2 Å². The summed E-state index contributed by atoms with van der Waals surface area (Å²) in [6.07, 6.45) is 0. The van der Waals surface area contributed by atoms with E-state index in [1.807, 2.05) is 0 Å². The lowest BCUT2D eigenvalue weighted by Gasteiger charge is -2.04. The van der Waals surface area contributed by atoms with E-state index in [0.717, 1.165) is 0 Å². The summed E-state index contributed by atoms with van der Waals surface area (Å²) >= 11 is 0. The zero-order valence-electron chi connectivity index (χ0n) is 10.1. The molecule has 0 bridgehead atoms. The molecular weight excluding hydrogens is 234 g/mol. The Balaban J connectivity index is 1.99. The predicted octanol–water partition coefficient (Wildman–Crippen LogP) is 1.32. The molecule has 2 rings (SSSR count). The van der Waals surface area contributed by atoms with E-state index >= 15 is 0 Å². The molecular formula is C12H13N3O3. The van der Waals surface area contributed by atoms with Gasteiger partial charge in [0.15, 0.2) is 5.82 Å². The van der Waals surface area contributed by atoms with Crippen molar-refractivity contribution in [3.05, 3.63) is 41.5 Å². The Bertz CT molecular complexity index is 551. The Labute approximate surface area is 104 Å². The molecule has 0 spiro atoms. The topological polar surface area (TPSA) is 77.2 Å². The van der Waals surface area contributed by atoms with E-state index < -0.39 is 0 Å². The van der Waals surface area contributed by atoms with E-state index in [2.05, 4.69) is 15.5 Å². The van der Waals surface area contributed by atoms with Gasteiger partial charge in [-0.2, -0.15) is 4.98 Å². The molecule has 94 valence electrons. The van der Waals surface area contributed by atoms with Crippen molar-refractivity contribution in [3.63, 3.8) is 0 Å². The lowest BCUT2D eigenvalue weighted by atomic mass is 10.2. The molecule has 6 heteroatoms. The number of amides is 1. The summed E-state index contributed by atoms with van der Waals surface area (Å²) in [5.41, 5.74) is 0.519. The molecule has 0 unspecified atom stereocenters. The van der Waals surface area contributed by atoms with Crippen molar-refractivity contribution in [2.45, 2.75) is 13.5 Å². The highest BCUT2D eigenvalue weighted by Crippen LogP contribution is 2.12. The molecule has 1 N–H and O–H groups in total. The first-order valence-electron chi connectivity index (χ1n) is 5.40. The van der Waals surface area contributed by atoms with Crippen LogP contribution in [0.2, 0.25) is 0 Å². The molecule has 0 aliphatic rings. The number of aromatic nitrogens is 2. The summed E-state index contributed by atoms with van der Waals surface area (Å²) in [4.78, 5) is 15.8. The number of nitrogens with one attached hydrogen (secondary N) is 1. The quantitative estimate of drug-likeness (QED) is 0.881. The number of rotatable bonds is 4. The van der Waals surface area contributed by atoms with E-state index in [9.17, 15) is 4.79 Å². The number of methoxy groups -OCH3 is 1. The summed E-state index contributed by atoms with van der Waals surface area (Å²) in [7, 11) is 1.55. The molecule has 1 aromatic carbocycles. The van der Waals surface area contributed by atoms with Gasteiger partial charge in [-0.3, -0.25) is 4.79 Å². The second-order valence-corrected chi connectivity index (χ2v) is 3.65. The van der Waals surface area contributed by atoms with Gasteiger partial charge in [-0.1, -0.05) is 11.2 Å². The van der Waals surface area contributed by atoms with Crippen LogP contribution in [-0.2, 0) is 6.54 Å². The number of carbonyl (C=O) groups excluding carboxylic acids is 1. The van der Waals surface area contributed by atoms with Gasteiger partial charge in [0, 0.05) is 5.56 Å². The minimum atomic E-state index is -0.218. The molecule has 2 aromatic rings. The van der Waals surface area contributed by atoms with E-state index in [-0.39, 0.29) is 12.5 Å². The van der Waals surface area contributed by atoms with Gasteiger partial charge < -0.3 is 14.6 Å². The average molecular weight is 247 g/mol. The minimum absolute atomic E-state index is 0.205. The number of aryl methyl sites for hydroxylation is 1. The lowest BCUT2D eigenvalue weighted by molar-refractivity contribution is 0.0946. The molecule has 1 heterocycles. The molecule has 6 nitrogen and oxygen atoms in total. The van der Waals surface area contributed by atoms with Crippen LogP contribution in [0.3, 0.4) is 0 Å².